The van der Waals surface area contributed by atoms with Crippen LogP contribution in [0, 0.1) is 0 Å². The Hall–Kier alpha value is -1.19. The van der Waals surface area contributed by atoms with Crippen molar-refractivity contribution in [1.29, 1.82) is 0 Å². The van der Waals surface area contributed by atoms with E-state index in [0.717, 1.165) is 30.8 Å². The molecule has 0 amide bonds. The monoisotopic (exact) mass is 139 g/mol. The Morgan fingerprint density at radius 2 is 2.50 bits per heavy atom. The van der Waals surface area contributed by atoms with Gasteiger partial charge in [-0.3, -0.25) is 0 Å². The summed E-state index contributed by atoms with van der Waals surface area (Å²) < 4.78 is 4.95. The van der Waals surface area contributed by atoms with E-state index in [2.05, 4.69) is 10.5 Å². The summed E-state index contributed by atoms with van der Waals surface area (Å²) in [5.41, 5.74) is 6.39. The summed E-state index contributed by atoms with van der Waals surface area (Å²) >= 11 is 0. The SMILES string of the molecule is Nc1noc2c1NCCC2. The van der Waals surface area contributed by atoms with Crippen LogP contribution in [-0.4, -0.2) is 11.7 Å². The van der Waals surface area contributed by atoms with Gasteiger partial charge in [0, 0.05) is 13.0 Å². The Labute approximate surface area is 58.4 Å². The van der Waals surface area contributed by atoms with Crippen LogP contribution in [0.25, 0.3) is 0 Å². The second kappa shape index (κ2) is 1.90. The number of hydrogen-bond donors (Lipinski definition) is 2. The number of aromatic nitrogens is 1. The molecule has 0 saturated heterocycles. The third-order valence-corrected chi connectivity index (χ3v) is 1.67. The highest BCUT2D eigenvalue weighted by Crippen LogP contribution is 2.26. The first kappa shape index (κ1) is 5.58. The highest BCUT2D eigenvalue weighted by molar-refractivity contribution is 5.64. The molecule has 0 radical (unpaired) electrons. The van der Waals surface area contributed by atoms with Crippen molar-refractivity contribution in [3.8, 4) is 0 Å². The van der Waals surface area contributed by atoms with Crippen molar-refractivity contribution in [3.05, 3.63) is 5.76 Å². The molecule has 1 aromatic rings. The number of anilines is 2. The van der Waals surface area contributed by atoms with E-state index in [4.69, 9.17) is 10.3 Å². The number of rotatable bonds is 0. The van der Waals surface area contributed by atoms with Gasteiger partial charge in [0.1, 0.15) is 5.69 Å². The summed E-state index contributed by atoms with van der Waals surface area (Å²) in [6.45, 7) is 0.971. The molecule has 3 N–H and O–H groups in total. The zero-order valence-electron chi connectivity index (χ0n) is 5.55. The summed E-state index contributed by atoms with van der Waals surface area (Å²) in [6, 6.07) is 0. The highest BCUT2D eigenvalue weighted by atomic mass is 16.5. The van der Waals surface area contributed by atoms with Crippen molar-refractivity contribution in [3.63, 3.8) is 0 Å². The Morgan fingerprint density at radius 3 is 3.30 bits per heavy atom. The van der Waals surface area contributed by atoms with E-state index in [0.29, 0.717) is 5.82 Å². The van der Waals surface area contributed by atoms with Crippen LogP contribution in [-0.2, 0) is 6.42 Å². The molecule has 0 aromatic carbocycles. The third kappa shape index (κ3) is 0.650. The second-order valence-corrected chi connectivity index (χ2v) is 2.40. The maximum Gasteiger partial charge on any atom is 0.190 e. The van der Waals surface area contributed by atoms with Gasteiger partial charge in [-0.25, -0.2) is 0 Å². The number of nitrogens with zero attached hydrogens (tertiary/aromatic N) is 1. The maximum atomic E-state index is 5.49. The molecule has 0 atom stereocenters. The minimum atomic E-state index is 0.481. The van der Waals surface area contributed by atoms with Crippen LogP contribution in [0.15, 0.2) is 4.52 Å². The van der Waals surface area contributed by atoms with Crippen LogP contribution in [0.1, 0.15) is 12.2 Å². The first-order valence-corrected chi connectivity index (χ1v) is 3.36. The lowest BCUT2D eigenvalue weighted by Crippen LogP contribution is -2.10. The fourth-order valence-corrected chi connectivity index (χ4v) is 1.16. The number of fused-ring (bicyclic) bond motifs is 1. The molecule has 54 valence electrons. The molecule has 4 nitrogen and oxygen atoms in total. The van der Waals surface area contributed by atoms with E-state index < -0.39 is 0 Å². The predicted octanol–water partition coefficient (Wildman–Crippen LogP) is 0.615. The molecule has 0 fully saturated rings. The second-order valence-electron chi connectivity index (χ2n) is 2.40. The molecule has 0 spiro atoms. The van der Waals surface area contributed by atoms with Crippen molar-refractivity contribution in [2.45, 2.75) is 12.8 Å². The zero-order valence-corrected chi connectivity index (χ0v) is 5.55. The summed E-state index contributed by atoms with van der Waals surface area (Å²) in [7, 11) is 0. The molecule has 1 aliphatic rings. The first-order chi connectivity index (χ1) is 4.88. The van der Waals surface area contributed by atoms with Gasteiger partial charge in [0.05, 0.1) is 0 Å². The van der Waals surface area contributed by atoms with Crippen LogP contribution < -0.4 is 11.1 Å². The van der Waals surface area contributed by atoms with Gasteiger partial charge in [0.25, 0.3) is 0 Å². The van der Waals surface area contributed by atoms with Crippen LogP contribution in [0.3, 0.4) is 0 Å². The van der Waals surface area contributed by atoms with Gasteiger partial charge in [0.15, 0.2) is 11.6 Å². The molecule has 2 heterocycles. The summed E-state index contributed by atoms with van der Waals surface area (Å²) in [5.74, 6) is 1.37. The fraction of sp³-hybridized carbons (Fsp3) is 0.500. The van der Waals surface area contributed by atoms with Crippen LogP contribution in [0.4, 0.5) is 11.5 Å². The topological polar surface area (TPSA) is 64.1 Å². The summed E-state index contributed by atoms with van der Waals surface area (Å²) in [6.07, 6.45) is 2.05. The van der Waals surface area contributed by atoms with Gasteiger partial charge in [0.2, 0.25) is 0 Å². The maximum absolute atomic E-state index is 5.49. The van der Waals surface area contributed by atoms with Crippen LogP contribution in [0.5, 0.6) is 0 Å². The van der Waals surface area contributed by atoms with E-state index in [1.54, 1.807) is 0 Å². The number of hydrogen-bond acceptors (Lipinski definition) is 4. The minimum Gasteiger partial charge on any atom is -0.379 e. The molecule has 1 aliphatic heterocycles. The normalized spacial score (nSPS) is 16.0. The van der Waals surface area contributed by atoms with Crippen LogP contribution >= 0.6 is 0 Å². The molecular weight excluding hydrogens is 130 g/mol. The third-order valence-electron chi connectivity index (χ3n) is 1.67. The van der Waals surface area contributed by atoms with E-state index in [-0.39, 0.29) is 0 Å². The standard InChI is InChI=1S/C6H9N3O/c7-6-5-4(10-9-6)2-1-3-8-5/h8H,1-3H2,(H2,7,9). The number of nitrogen functional groups attached to an aromatic ring is 1. The van der Waals surface area contributed by atoms with Gasteiger partial charge in [-0.15, -0.1) is 0 Å². The predicted molar refractivity (Wildman–Crippen MR) is 37.7 cm³/mol. The Balaban J connectivity index is 2.45. The zero-order chi connectivity index (χ0) is 6.97. The lowest BCUT2D eigenvalue weighted by molar-refractivity contribution is 0.382. The Bertz CT molecular complexity index is 243. The van der Waals surface area contributed by atoms with Gasteiger partial charge < -0.3 is 15.6 Å². The fourth-order valence-electron chi connectivity index (χ4n) is 1.16. The van der Waals surface area contributed by atoms with Crippen molar-refractivity contribution in [2.24, 2.45) is 0 Å². The smallest absolute Gasteiger partial charge is 0.190 e. The molecule has 2 rings (SSSR count). The number of nitrogens with one attached hydrogen (secondary N) is 1. The minimum absolute atomic E-state index is 0.481. The molecule has 10 heavy (non-hydrogen) atoms. The van der Waals surface area contributed by atoms with Crippen molar-refractivity contribution in [1.82, 2.24) is 5.16 Å². The Morgan fingerprint density at radius 1 is 1.60 bits per heavy atom. The number of nitrogens with two attached hydrogens (primary N) is 1. The number of aryl methyl sites for hydroxylation is 1. The summed E-state index contributed by atoms with van der Waals surface area (Å²) in [5, 5.41) is 6.77. The lowest BCUT2D eigenvalue weighted by Gasteiger charge is -2.10. The van der Waals surface area contributed by atoms with Crippen molar-refractivity contribution < 1.29 is 4.52 Å². The average molecular weight is 139 g/mol. The van der Waals surface area contributed by atoms with Crippen molar-refractivity contribution >= 4 is 11.5 Å². The molecule has 1 aromatic heterocycles. The van der Waals surface area contributed by atoms with Gasteiger partial charge in [-0.1, -0.05) is 5.16 Å². The highest BCUT2D eigenvalue weighted by Gasteiger charge is 2.16. The molecular formula is C6H9N3O. The molecule has 0 bridgehead atoms. The van der Waals surface area contributed by atoms with E-state index in [9.17, 15) is 0 Å². The van der Waals surface area contributed by atoms with Crippen molar-refractivity contribution in [2.75, 3.05) is 17.6 Å². The Kier molecular flexibility index (Phi) is 1.06. The van der Waals surface area contributed by atoms with Gasteiger partial charge in [-0.2, -0.15) is 0 Å². The quantitative estimate of drug-likeness (QED) is 0.553. The lowest BCUT2D eigenvalue weighted by atomic mass is 10.1. The van der Waals surface area contributed by atoms with E-state index >= 15 is 0 Å². The largest absolute Gasteiger partial charge is 0.379 e. The molecule has 4 heteroatoms. The van der Waals surface area contributed by atoms with Gasteiger partial charge >= 0.3 is 0 Å². The van der Waals surface area contributed by atoms with E-state index in [1.165, 1.54) is 0 Å². The van der Waals surface area contributed by atoms with Crippen LogP contribution in [0.2, 0.25) is 0 Å². The summed E-state index contributed by atoms with van der Waals surface area (Å²) in [4.78, 5) is 0. The van der Waals surface area contributed by atoms with Gasteiger partial charge in [-0.05, 0) is 6.42 Å². The average Bonchev–Trinajstić information content (AvgIpc) is 2.34. The molecule has 0 saturated carbocycles. The molecule has 0 unspecified atom stereocenters. The van der Waals surface area contributed by atoms with E-state index in [1.807, 2.05) is 0 Å². The molecule has 0 aliphatic carbocycles. The first-order valence-electron chi connectivity index (χ1n) is 3.36.